The Morgan fingerprint density at radius 2 is 1.60 bits per heavy atom. The average Bonchev–Trinajstić information content (AvgIpc) is 2.96. The van der Waals surface area contributed by atoms with Gasteiger partial charge in [0.05, 0.1) is 12.0 Å². The van der Waals surface area contributed by atoms with E-state index in [9.17, 15) is 18.4 Å². The van der Waals surface area contributed by atoms with Crippen LogP contribution in [0.5, 0.6) is 0 Å². The van der Waals surface area contributed by atoms with Gasteiger partial charge >= 0.3 is 12.1 Å². The van der Waals surface area contributed by atoms with Gasteiger partial charge in [0.25, 0.3) is 5.92 Å². The van der Waals surface area contributed by atoms with E-state index in [0.29, 0.717) is 0 Å². The number of benzene rings is 2. The number of alkyl carbamates (subject to hydrolysis) is 1. The van der Waals surface area contributed by atoms with E-state index in [1.54, 1.807) is 0 Å². The fourth-order valence-electron chi connectivity index (χ4n) is 4.47. The quantitative estimate of drug-likeness (QED) is 0.703. The van der Waals surface area contributed by atoms with E-state index < -0.39 is 36.4 Å². The zero-order valence-electron chi connectivity index (χ0n) is 16.3. The first kappa shape index (κ1) is 20.3. The van der Waals surface area contributed by atoms with Crippen LogP contribution >= 0.6 is 0 Å². The fourth-order valence-corrected chi connectivity index (χ4v) is 4.47. The number of hydrogen-bond donors (Lipinski definition) is 2. The first-order valence-corrected chi connectivity index (χ1v) is 10.1. The van der Waals surface area contributed by atoms with E-state index in [0.717, 1.165) is 22.3 Å². The van der Waals surface area contributed by atoms with Gasteiger partial charge in [0.2, 0.25) is 0 Å². The van der Waals surface area contributed by atoms with Crippen LogP contribution in [0.2, 0.25) is 0 Å². The van der Waals surface area contributed by atoms with Crippen molar-refractivity contribution in [3.63, 3.8) is 0 Å². The van der Waals surface area contributed by atoms with Gasteiger partial charge in [-0.1, -0.05) is 48.5 Å². The monoisotopic (exact) mass is 415 g/mol. The Balaban J connectivity index is 1.42. The molecule has 5 nitrogen and oxygen atoms in total. The number of carbonyl (C=O) groups excluding carboxylic acids is 1. The summed E-state index contributed by atoms with van der Waals surface area (Å²) in [6.45, 7) is 0.0376. The molecule has 1 fully saturated rings. The second-order valence-electron chi connectivity index (χ2n) is 7.93. The predicted molar refractivity (Wildman–Crippen MR) is 107 cm³/mol. The molecule has 2 aliphatic rings. The second-order valence-corrected chi connectivity index (χ2v) is 7.93. The third-order valence-electron chi connectivity index (χ3n) is 6.12. The molecule has 2 unspecified atom stereocenters. The van der Waals surface area contributed by atoms with Gasteiger partial charge < -0.3 is 15.2 Å². The van der Waals surface area contributed by atoms with Crippen molar-refractivity contribution in [3.05, 3.63) is 59.7 Å². The molecule has 0 spiro atoms. The molecule has 2 aromatic rings. The van der Waals surface area contributed by atoms with Crippen molar-refractivity contribution >= 4 is 12.1 Å². The Kier molecular flexibility index (Phi) is 5.45. The highest BCUT2D eigenvalue weighted by Gasteiger charge is 2.44. The van der Waals surface area contributed by atoms with Crippen LogP contribution in [-0.2, 0) is 9.53 Å². The first-order valence-electron chi connectivity index (χ1n) is 10.1. The maximum atomic E-state index is 14.4. The molecule has 0 radical (unpaired) electrons. The maximum absolute atomic E-state index is 14.4. The summed E-state index contributed by atoms with van der Waals surface area (Å²) in [5, 5.41) is 11.4. The number of alkyl halides is 2. The molecule has 0 aromatic heterocycles. The zero-order valence-corrected chi connectivity index (χ0v) is 16.3. The average molecular weight is 415 g/mol. The fraction of sp³-hybridized carbons (Fsp3) is 0.391. The Hall–Kier alpha value is -2.96. The third kappa shape index (κ3) is 3.88. The van der Waals surface area contributed by atoms with Crippen molar-refractivity contribution in [1.82, 2.24) is 5.32 Å². The topological polar surface area (TPSA) is 75.6 Å². The van der Waals surface area contributed by atoms with E-state index in [-0.39, 0.29) is 31.8 Å². The summed E-state index contributed by atoms with van der Waals surface area (Å²) in [4.78, 5) is 23.5. The molecule has 30 heavy (non-hydrogen) atoms. The number of hydrogen-bond acceptors (Lipinski definition) is 3. The molecule has 2 atom stereocenters. The molecule has 1 saturated carbocycles. The Morgan fingerprint density at radius 3 is 2.20 bits per heavy atom. The molecule has 1 amide bonds. The molecule has 7 heteroatoms. The van der Waals surface area contributed by atoms with Crippen LogP contribution in [0.4, 0.5) is 13.6 Å². The Labute approximate surface area is 173 Å². The summed E-state index contributed by atoms with van der Waals surface area (Å²) in [7, 11) is 0. The van der Waals surface area contributed by atoms with Gasteiger partial charge in [-0.25, -0.2) is 13.6 Å². The molecule has 2 aromatic carbocycles. The lowest BCUT2D eigenvalue weighted by Gasteiger charge is -2.25. The number of nitrogens with one attached hydrogen (secondary N) is 1. The van der Waals surface area contributed by atoms with Crippen molar-refractivity contribution in [1.29, 1.82) is 0 Å². The molecule has 0 heterocycles. The number of amides is 1. The SMILES string of the molecule is O=C(NC1CCC(C(=O)O)CCC1(F)F)OCC1c2ccccc2-c2ccccc21. The minimum absolute atomic E-state index is 0.0376. The van der Waals surface area contributed by atoms with Gasteiger partial charge in [0, 0.05) is 12.3 Å². The number of carbonyl (C=O) groups is 2. The van der Waals surface area contributed by atoms with Crippen LogP contribution in [0.1, 0.15) is 42.7 Å². The van der Waals surface area contributed by atoms with E-state index in [4.69, 9.17) is 9.84 Å². The van der Waals surface area contributed by atoms with Gasteiger partial charge in [-0.05, 0) is 41.5 Å². The smallest absolute Gasteiger partial charge is 0.407 e. The van der Waals surface area contributed by atoms with Crippen LogP contribution in [0.15, 0.2) is 48.5 Å². The third-order valence-corrected chi connectivity index (χ3v) is 6.12. The van der Waals surface area contributed by atoms with Gasteiger partial charge in [-0.2, -0.15) is 0 Å². The molecule has 158 valence electrons. The summed E-state index contributed by atoms with van der Waals surface area (Å²) in [6.07, 6.45) is -1.59. The first-order chi connectivity index (χ1) is 14.4. The van der Waals surface area contributed by atoms with E-state index in [1.165, 1.54) is 0 Å². The molecular formula is C23H23F2NO4. The number of fused-ring (bicyclic) bond motifs is 3. The van der Waals surface area contributed by atoms with Crippen LogP contribution in [0.3, 0.4) is 0 Å². The second kappa shape index (κ2) is 8.05. The molecule has 4 rings (SSSR count). The van der Waals surface area contributed by atoms with Crippen molar-refractivity contribution in [2.24, 2.45) is 5.92 Å². The molecular weight excluding hydrogens is 392 g/mol. The normalized spacial score (nSPS) is 22.5. The largest absolute Gasteiger partial charge is 0.481 e. The summed E-state index contributed by atoms with van der Waals surface area (Å²) in [5.74, 6) is -5.22. The number of aliphatic carboxylic acids is 1. The van der Waals surface area contributed by atoms with Crippen LogP contribution in [0.25, 0.3) is 11.1 Å². The van der Waals surface area contributed by atoms with E-state index in [1.807, 2.05) is 48.5 Å². The zero-order chi connectivity index (χ0) is 21.3. The van der Waals surface area contributed by atoms with E-state index in [2.05, 4.69) is 5.32 Å². The number of carboxylic acids is 1. The van der Waals surface area contributed by atoms with Gasteiger partial charge in [0.15, 0.2) is 0 Å². The van der Waals surface area contributed by atoms with Crippen molar-refractivity contribution < 1.29 is 28.2 Å². The Morgan fingerprint density at radius 1 is 1.00 bits per heavy atom. The van der Waals surface area contributed by atoms with Crippen molar-refractivity contribution in [2.45, 2.75) is 43.6 Å². The molecule has 0 aliphatic heterocycles. The van der Waals surface area contributed by atoms with Gasteiger partial charge in [-0.3, -0.25) is 4.79 Å². The minimum atomic E-state index is -3.17. The van der Waals surface area contributed by atoms with Gasteiger partial charge in [0.1, 0.15) is 6.61 Å². The Bertz CT molecular complexity index is 916. The van der Waals surface area contributed by atoms with Gasteiger partial charge in [-0.15, -0.1) is 0 Å². The van der Waals surface area contributed by atoms with E-state index >= 15 is 0 Å². The summed E-state index contributed by atoms with van der Waals surface area (Å²) < 4.78 is 34.1. The minimum Gasteiger partial charge on any atom is -0.481 e. The van der Waals surface area contributed by atoms with Crippen LogP contribution < -0.4 is 5.32 Å². The lowest BCUT2D eigenvalue weighted by molar-refractivity contribution is -0.142. The molecule has 0 saturated heterocycles. The number of carboxylic acid groups (broad SMARTS) is 1. The summed E-state index contributed by atoms with van der Waals surface area (Å²) >= 11 is 0. The standard InChI is InChI=1S/C23H23F2NO4/c24-23(25)12-11-14(21(27)28)9-10-20(23)26-22(29)30-13-19-17-7-3-1-5-15(17)16-6-2-4-8-18(16)19/h1-8,14,19-20H,9-13H2,(H,26,29)(H,27,28). The lowest BCUT2D eigenvalue weighted by atomic mass is 9.98. The van der Waals surface area contributed by atoms with Crippen LogP contribution in [-0.4, -0.2) is 35.7 Å². The lowest BCUT2D eigenvalue weighted by Crippen LogP contribution is -2.47. The highest BCUT2D eigenvalue weighted by Crippen LogP contribution is 2.44. The number of halogens is 2. The van der Waals surface area contributed by atoms with Crippen molar-refractivity contribution in [2.75, 3.05) is 6.61 Å². The molecule has 0 bridgehead atoms. The molecule has 2 N–H and O–H groups in total. The summed E-state index contributed by atoms with van der Waals surface area (Å²) in [5.41, 5.74) is 4.24. The van der Waals surface area contributed by atoms with Crippen LogP contribution in [0, 0.1) is 5.92 Å². The maximum Gasteiger partial charge on any atom is 0.407 e. The number of ether oxygens (including phenoxy) is 1. The molecule has 2 aliphatic carbocycles. The summed E-state index contributed by atoms with van der Waals surface area (Å²) in [6, 6.07) is 14.3. The number of rotatable bonds is 4. The highest BCUT2D eigenvalue weighted by atomic mass is 19.3. The van der Waals surface area contributed by atoms with Crippen molar-refractivity contribution in [3.8, 4) is 11.1 Å². The highest BCUT2D eigenvalue weighted by molar-refractivity contribution is 5.79. The predicted octanol–water partition coefficient (Wildman–Crippen LogP) is 4.80.